The van der Waals surface area contributed by atoms with E-state index in [0.717, 1.165) is 24.8 Å². The average Bonchev–Trinajstić information content (AvgIpc) is 3.44. The second kappa shape index (κ2) is 7.95. The minimum Gasteiger partial charge on any atom is -0.324 e. The fraction of sp³-hybridized carbons (Fsp3) is 0.375. The molecule has 3 fully saturated rings. The van der Waals surface area contributed by atoms with E-state index in [-0.39, 0.29) is 41.9 Å². The number of carbonyl (C=O) groups excluding carboxylic acids is 3. The summed E-state index contributed by atoms with van der Waals surface area (Å²) in [5.74, 6) is -0.764. The standard InChI is InChI=1S/C24H22Cl2N2O3/c25-17-9-8-16(12-18(17)26)27-22(29)19(10-13-4-2-1-3-5-13)28-23(30)20-14-6-7-15(11-14)21(20)24(28)31/h1-5,8-9,12,14-15,19-21H,6-7,10-11H2,(H,27,29)/t14-,15-,19-,20-,21+/m0/s1. The Morgan fingerprint density at radius 1 is 0.968 bits per heavy atom. The zero-order valence-electron chi connectivity index (χ0n) is 16.8. The molecule has 5 nitrogen and oxygen atoms in total. The number of imide groups is 1. The highest BCUT2D eigenvalue weighted by atomic mass is 35.5. The molecule has 0 unspecified atom stereocenters. The molecule has 5 rings (SSSR count). The minimum atomic E-state index is -0.915. The lowest BCUT2D eigenvalue weighted by molar-refractivity contribution is -0.147. The Kier molecular flexibility index (Phi) is 5.27. The van der Waals surface area contributed by atoms with E-state index >= 15 is 0 Å². The predicted octanol–water partition coefficient (Wildman–Crippen LogP) is 4.57. The van der Waals surface area contributed by atoms with Crippen LogP contribution in [0.15, 0.2) is 48.5 Å². The first-order valence-electron chi connectivity index (χ1n) is 10.6. The highest BCUT2D eigenvalue weighted by Crippen LogP contribution is 2.56. The molecule has 2 bridgehead atoms. The predicted molar refractivity (Wildman–Crippen MR) is 119 cm³/mol. The maximum absolute atomic E-state index is 13.4. The summed E-state index contributed by atoms with van der Waals surface area (Å²) < 4.78 is 0. The van der Waals surface area contributed by atoms with Crippen LogP contribution in [0.4, 0.5) is 5.69 Å². The first kappa shape index (κ1) is 20.5. The van der Waals surface area contributed by atoms with Gasteiger partial charge in [-0.3, -0.25) is 19.3 Å². The van der Waals surface area contributed by atoms with Crippen molar-refractivity contribution in [2.75, 3.05) is 5.32 Å². The van der Waals surface area contributed by atoms with E-state index in [2.05, 4.69) is 5.32 Å². The van der Waals surface area contributed by atoms with Gasteiger partial charge in [0.05, 0.1) is 21.9 Å². The number of nitrogens with one attached hydrogen (secondary N) is 1. The van der Waals surface area contributed by atoms with Crippen LogP contribution >= 0.6 is 23.2 Å². The zero-order valence-corrected chi connectivity index (χ0v) is 18.3. The van der Waals surface area contributed by atoms with Crippen molar-refractivity contribution in [2.45, 2.75) is 31.7 Å². The van der Waals surface area contributed by atoms with Gasteiger partial charge >= 0.3 is 0 Å². The van der Waals surface area contributed by atoms with Crippen LogP contribution in [0.1, 0.15) is 24.8 Å². The van der Waals surface area contributed by atoms with Crippen molar-refractivity contribution >= 4 is 46.6 Å². The fourth-order valence-electron chi connectivity index (χ4n) is 5.68. The van der Waals surface area contributed by atoms with Gasteiger partial charge in [0.1, 0.15) is 6.04 Å². The van der Waals surface area contributed by atoms with Crippen molar-refractivity contribution in [3.63, 3.8) is 0 Å². The highest BCUT2D eigenvalue weighted by molar-refractivity contribution is 6.42. The lowest BCUT2D eigenvalue weighted by Gasteiger charge is -2.27. The number of anilines is 1. The Morgan fingerprint density at radius 2 is 1.61 bits per heavy atom. The van der Waals surface area contributed by atoms with Gasteiger partial charge in [-0.1, -0.05) is 53.5 Å². The van der Waals surface area contributed by atoms with Gasteiger partial charge in [-0.25, -0.2) is 0 Å². The lowest BCUT2D eigenvalue weighted by atomic mass is 9.81. The molecule has 1 N–H and O–H groups in total. The van der Waals surface area contributed by atoms with E-state index in [1.54, 1.807) is 18.2 Å². The van der Waals surface area contributed by atoms with Crippen molar-refractivity contribution in [3.05, 3.63) is 64.1 Å². The Hall–Kier alpha value is -2.37. The SMILES string of the molecule is O=C(Nc1ccc(Cl)c(Cl)c1)[C@H](Cc1ccccc1)N1C(=O)[C@@H]2[C@H]3CC[C@@H](C3)[C@@H]2C1=O. The van der Waals surface area contributed by atoms with E-state index in [4.69, 9.17) is 23.2 Å². The number of likely N-dealkylation sites (tertiary alicyclic amines) is 1. The van der Waals surface area contributed by atoms with Crippen molar-refractivity contribution in [2.24, 2.45) is 23.7 Å². The van der Waals surface area contributed by atoms with Crippen LogP contribution in [0.5, 0.6) is 0 Å². The monoisotopic (exact) mass is 456 g/mol. The highest BCUT2D eigenvalue weighted by Gasteiger charge is 2.62. The summed E-state index contributed by atoms with van der Waals surface area (Å²) in [4.78, 5) is 41.3. The summed E-state index contributed by atoms with van der Waals surface area (Å²) in [7, 11) is 0. The van der Waals surface area contributed by atoms with Gasteiger partial charge in [-0.15, -0.1) is 0 Å². The molecule has 2 saturated carbocycles. The third-order valence-electron chi connectivity index (χ3n) is 7.03. The van der Waals surface area contributed by atoms with Gasteiger partial charge in [0.25, 0.3) is 0 Å². The van der Waals surface area contributed by atoms with Crippen LogP contribution in [0.25, 0.3) is 0 Å². The first-order valence-corrected chi connectivity index (χ1v) is 11.4. The molecule has 2 aromatic carbocycles. The Morgan fingerprint density at radius 3 is 2.23 bits per heavy atom. The molecule has 0 radical (unpaired) electrons. The number of amides is 3. The first-order chi connectivity index (χ1) is 14.9. The molecule has 3 aliphatic rings. The number of benzene rings is 2. The summed E-state index contributed by atoms with van der Waals surface area (Å²) in [5, 5.41) is 3.53. The maximum atomic E-state index is 13.4. The Bertz CT molecular complexity index is 1030. The molecule has 7 heteroatoms. The third-order valence-corrected chi connectivity index (χ3v) is 7.77. The molecule has 2 aliphatic carbocycles. The summed E-state index contributed by atoms with van der Waals surface area (Å²) in [6, 6.07) is 13.3. The fourth-order valence-corrected chi connectivity index (χ4v) is 5.98. The van der Waals surface area contributed by atoms with Gasteiger partial charge in [0.2, 0.25) is 17.7 Å². The summed E-state index contributed by atoms with van der Waals surface area (Å²) in [6.45, 7) is 0. The van der Waals surface area contributed by atoms with Gasteiger partial charge in [0, 0.05) is 12.1 Å². The number of carbonyl (C=O) groups is 3. The third kappa shape index (κ3) is 3.54. The molecule has 1 aliphatic heterocycles. The number of fused-ring (bicyclic) bond motifs is 5. The van der Waals surface area contributed by atoms with Crippen LogP contribution in [0.3, 0.4) is 0 Å². The molecule has 3 amide bonds. The summed E-state index contributed by atoms with van der Waals surface area (Å²) >= 11 is 12.1. The molecule has 1 saturated heterocycles. The zero-order chi connectivity index (χ0) is 21.7. The van der Waals surface area contributed by atoms with E-state index in [0.29, 0.717) is 15.7 Å². The van der Waals surface area contributed by atoms with Crippen LogP contribution < -0.4 is 5.32 Å². The second-order valence-electron chi connectivity index (χ2n) is 8.75. The van der Waals surface area contributed by atoms with Crippen LogP contribution in [-0.4, -0.2) is 28.7 Å². The molecule has 160 valence electrons. The smallest absolute Gasteiger partial charge is 0.248 e. The number of rotatable bonds is 5. The van der Waals surface area contributed by atoms with Crippen LogP contribution in [0.2, 0.25) is 10.0 Å². The number of hydrogen-bond donors (Lipinski definition) is 1. The van der Waals surface area contributed by atoms with Crippen LogP contribution in [0, 0.1) is 23.7 Å². The molecule has 5 atom stereocenters. The molecular formula is C24H22Cl2N2O3. The average molecular weight is 457 g/mol. The molecule has 2 aromatic rings. The van der Waals surface area contributed by atoms with E-state index < -0.39 is 11.9 Å². The Balaban J connectivity index is 1.45. The summed E-state index contributed by atoms with van der Waals surface area (Å²) in [6.07, 6.45) is 3.22. The molecular weight excluding hydrogens is 435 g/mol. The minimum absolute atomic E-state index is 0.188. The Labute approximate surface area is 190 Å². The molecule has 1 heterocycles. The van der Waals surface area contributed by atoms with Crippen molar-refractivity contribution < 1.29 is 14.4 Å². The normalized spacial score (nSPS) is 27.5. The van der Waals surface area contributed by atoms with Crippen LogP contribution in [-0.2, 0) is 20.8 Å². The number of hydrogen-bond acceptors (Lipinski definition) is 3. The molecule has 0 spiro atoms. The van der Waals surface area contributed by atoms with E-state index in [1.807, 2.05) is 30.3 Å². The van der Waals surface area contributed by atoms with Gasteiger partial charge in [-0.2, -0.15) is 0 Å². The van der Waals surface area contributed by atoms with Gasteiger partial charge in [0.15, 0.2) is 0 Å². The molecule has 0 aromatic heterocycles. The number of nitrogens with zero attached hydrogens (tertiary/aromatic N) is 1. The largest absolute Gasteiger partial charge is 0.324 e. The lowest BCUT2D eigenvalue weighted by Crippen LogP contribution is -2.49. The second-order valence-corrected chi connectivity index (χ2v) is 9.57. The van der Waals surface area contributed by atoms with Crippen molar-refractivity contribution in [1.82, 2.24) is 4.90 Å². The van der Waals surface area contributed by atoms with Crippen molar-refractivity contribution in [1.29, 1.82) is 0 Å². The van der Waals surface area contributed by atoms with Gasteiger partial charge in [-0.05, 0) is 54.9 Å². The maximum Gasteiger partial charge on any atom is 0.248 e. The molecule has 31 heavy (non-hydrogen) atoms. The quantitative estimate of drug-likeness (QED) is 0.669. The number of halogens is 2. The summed E-state index contributed by atoms with van der Waals surface area (Å²) in [5.41, 5.74) is 1.36. The van der Waals surface area contributed by atoms with E-state index in [1.165, 1.54) is 4.90 Å². The van der Waals surface area contributed by atoms with Crippen molar-refractivity contribution in [3.8, 4) is 0 Å². The van der Waals surface area contributed by atoms with E-state index in [9.17, 15) is 14.4 Å². The topological polar surface area (TPSA) is 66.5 Å². The van der Waals surface area contributed by atoms with Gasteiger partial charge < -0.3 is 5.32 Å².